The number of aromatic nitrogens is 1. The van der Waals surface area contributed by atoms with E-state index in [2.05, 4.69) is 124 Å². The summed E-state index contributed by atoms with van der Waals surface area (Å²) >= 11 is 6.09. The second-order valence-electron chi connectivity index (χ2n) is 12.0. The molecule has 5 aromatic carbocycles. The SMILES string of the molecule is COc1ccc([C@H]2C3=C(N=c4s/c(=C\c5cc(I)c(OCc6cccc7ccccc67)c(I)c5)c(=O)n42)c2ccccc2CC3)cc1OC. The lowest BCUT2D eigenvalue weighted by atomic mass is 9.83. The Labute approximate surface area is 314 Å². The number of allylic oxidation sites excluding steroid dienone is 1. The molecule has 0 radical (unpaired) electrons. The van der Waals surface area contributed by atoms with E-state index in [4.69, 9.17) is 19.2 Å². The van der Waals surface area contributed by atoms with E-state index in [1.807, 2.05) is 28.8 Å². The molecule has 9 heteroatoms. The van der Waals surface area contributed by atoms with Crippen molar-refractivity contribution in [3.8, 4) is 17.2 Å². The van der Waals surface area contributed by atoms with Crippen LogP contribution in [0.2, 0.25) is 0 Å². The van der Waals surface area contributed by atoms with E-state index in [1.165, 1.54) is 27.7 Å². The topological polar surface area (TPSA) is 62.0 Å². The van der Waals surface area contributed by atoms with Crippen LogP contribution in [0.25, 0.3) is 22.5 Å². The van der Waals surface area contributed by atoms with Crippen LogP contribution < -0.4 is 29.1 Å². The first kappa shape index (κ1) is 32.3. The zero-order valence-corrected chi connectivity index (χ0v) is 31.8. The van der Waals surface area contributed by atoms with Crippen molar-refractivity contribution in [1.29, 1.82) is 0 Å². The largest absolute Gasteiger partial charge is 0.493 e. The number of thiazole rings is 1. The van der Waals surface area contributed by atoms with Gasteiger partial charge in [-0.2, -0.15) is 0 Å². The average Bonchev–Trinajstić information content (AvgIpc) is 3.43. The Morgan fingerprint density at radius 3 is 2.45 bits per heavy atom. The van der Waals surface area contributed by atoms with Gasteiger partial charge >= 0.3 is 0 Å². The molecule has 1 aliphatic heterocycles. The predicted molar refractivity (Wildman–Crippen MR) is 212 cm³/mol. The molecule has 1 aromatic heterocycles. The van der Waals surface area contributed by atoms with Crippen LogP contribution in [0.3, 0.4) is 0 Å². The van der Waals surface area contributed by atoms with Crippen molar-refractivity contribution in [1.82, 2.24) is 4.57 Å². The summed E-state index contributed by atoms with van der Waals surface area (Å²) in [6.45, 7) is 0.468. The van der Waals surface area contributed by atoms with E-state index in [1.54, 1.807) is 14.2 Å². The van der Waals surface area contributed by atoms with Gasteiger partial charge in [-0.1, -0.05) is 84.1 Å². The molecule has 6 aromatic rings. The number of halogens is 2. The number of benzene rings is 5. The molecule has 1 atom stereocenters. The molecule has 0 N–H and O–H groups in total. The summed E-state index contributed by atoms with van der Waals surface area (Å²) in [4.78, 5) is 20.2. The van der Waals surface area contributed by atoms with E-state index in [-0.39, 0.29) is 11.6 Å². The smallest absolute Gasteiger partial charge is 0.271 e. The van der Waals surface area contributed by atoms with Gasteiger partial charge in [0.2, 0.25) is 0 Å². The Morgan fingerprint density at radius 1 is 0.878 bits per heavy atom. The zero-order chi connectivity index (χ0) is 33.6. The fourth-order valence-electron chi connectivity index (χ4n) is 6.87. The second kappa shape index (κ2) is 13.4. The van der Waals surface area contributed by atoms with Crippen LogP contribution in [0.4, 0.5) is 0 Å². The minimum Gasteiger partial charge on any atom is -0.493 e. The molecular formula is C40H30I2N2O4S. The van der Waals surface area contributed by atoms with Gasteiger partial charge in [-0.3, -0.25) is 9.36 Å². The maximum atomic E-state index is 14.4. The van der Waals surface area contributed by atoms with Crippen molar-refractivity contribution < 1.29 is 14.2 Å². The van der Waals surface area contributed by atoms with Crippen molar-refractivity contribution >= 4 is 79.1 Å². The van der Waals surface area contributed by atoms with Crippen LogP contribution in [-0.2, 0) is 13.0 Å². The fraction of sp³-hybridized carbons (Fsp3) is 0.150. The van der Waals surface area contributed by atoms with E-state index in [9.17, 15) is 4.79 Å². The molecule has 0 saturated heterocycles. The second-order valence-corrected chi connectivity index (χ2v) is 15.3. The van der Waals surface area contributed by atoms with Gasteiger partial charge in [0.15, 0.2) is 16.3 Å². The number of hydrogen-bond donors (Lipinski definition) is 0. The molecule has 0 saturated carbocycles. The van der Waals surface area contributed by atoms with Gasteiger partial charge in [0.25, 0.3) is 5.56 Å². The van der Waals surface area contributed by atoms with Gasteiger partial charge in [0, 0.05) is 5.56 Å². The lowest BCUT2D eigenvalue weighted by molar-refractivity contribution is 0.303. The van der Waals surface area contributed by atoms with Crippen molar-refractivity contribution in [2.24, 2.45) is 4.99 Å². The number of aryl methyl sites for hydroxylation is 1. The van der Waals surface area contributed by atoms with E-state index in [0.717, 1.165) is 59.3 Å². The van der Waals surface area contributed by atoms with Gasteiger partial charge in [-0.15, -0.1) is 0 Å². The molecule has 0 spiro atoms. The predicted octanol–water partition coefficient (Wildman–Crippen LogP) is 8.28. The summed E-state index contributed by atoms with van der Waals surface area (Å²) in [5.74, 6) is 2.12. The van der Waals surface area contributed by atoms with Crippen molar-refractivity contribution in [2.45, 2.75) is 25.5 Å². The van der Waals surface area contributed by atoms with Gasteiger partial charge in [0.1, 0.15) is 12.4 Å². The highest BCUT2D eigenvalue weighted by Gasteiger charge is 2.33. The summed E-state index contributed by atoms with van der Waals surface area (Å²) < 4.78 is 22.1. The van der Waals surface area contributed by atoms with Gasteiger partial charge in [-0.25, -0.2) is 4.99 Å². The highest BCUT2D eigenvalue weighted by Crippen LogP contribution is 2.43. The first-order valence-electron chi connectivity index (χ1n) is 15.9. The summed E-state index contributed by atoms with van der Waals surface area (Å²) in [6.07, 6.45) is 3.69. The highest BCUT2D eigenvalue weighted by atomic mass is 127. The quantitative estimate of drug-likeness (QED) is 0.152. The molecular weight excluding hydrogens is 858 g/mol. The molecule has 2 heterocycles. The number of ether oxygens (including phenoxy) is 3. The van der Waals surface area contributed by atoms with Gasteiger partial charge in [0.05, 0.1) is 37.6 Å². The minimum absolute atomic E-state index is 0.0600. The first-order chi connectivity index (χ1) is 23.9. The molecule has 2 aliphatic rings. The number of rotatable bonds is 7. The van der Waals surface area contributed by atoms with E-state index >= 15 is 0 Å². The van der Waals surface area contributed by atoms with Crippen LogP contribution in [0.15, 0.2) is 112 Å². The first-order valence-corrected chi connectivity index (χ1v) is 18.8. The molecule has 0 fully saturated rings. The Bertz CT molecular complexity index is 2470. The number of nitrogens with zero attached hydrogens (tertiary/aromatic N) is 2. The summed E-state index contributed by atoms with van der Waals surface area (Å²) in [6, 6.07) is 32.9. The van der Waals surface area contributed by atoms with Crippen molar-refractivity contribution in [3.63, 3.8) is 0 Å². The number of fused-ring (bicyclic) bond motifs is 4. The average molecular weight is 889 g/mol. The van der Waals surface area contributed by atoms with Gasteiger partial charge in [-0.05, 0) is 127 Å². The molecule has 6 nitrogen and oxygen atoms in total. The number of methoxy groups -OCH3 is 2. The van der Waals surface area contributed by atoms with E-state index < -0.39 is 0 Å². The molecule has 244 valence electrons. The maximum Gasteiger partial charge on any atom is 0.271 e. The highest BCUT2D eigenvalue weighted by molar-refractivity contribution is 14.1. The van der Waals surface area contributed by atoms with Crippen molar-refractivity contribution in [2.75, 3.05) is 14.2 Å². The minimum atomic E-state index is -0.313. The van der Waals surface area contributed by atoms with Crippen LogP contribution in [0, 0.1) is 7.14 Å². The van der Waals surface area contributed by atoms with Crippen LogP contribution in [-0.4, -0.2) is 18.8 Å². The summed E-state index contributed by atoms with van der Waals surface area (Å²) in [5, 5.41) is 2.39. The monoisotopic (exact) mass is 888 g/mol. The lowest BCUT2D eigenvalue weighted by Gasteiger charge is -2.31. The Morgan fingerprint density at radius 2 is 1.63 bits per heavy atom. The molecule has 8 rings (SSSR count). The third kappa shape index (κ3) is 5.89. The Hall–Kier alpha value is -3.94. The van der Waals surface area contributed by atoms with Crippen LogP contribution >= 0.6 is 56.5 Å². The summed E-state index contributed by atoms with van der Waals surface area (Å²) in [7, 11) is 3.27. The number of hydrogen-bond acceptors (Lipinski definition) is 6. The molecule has 0 amide bonds. The summed E-state index contributed by atoms with van der Waals surface area (Å²) in [5.41, 5.74) is 7.50. The standard InChI is InChI=1S/C40H30I2N2O4S/c1-46-33-17-15-26(21-34(33)47-2)37-30-16-14-25-9-4-6-13-29(25)36(30)43-40-44(37)39(45)35(49-40)20-23-18-31(41)38(32(42)19-23)48-22-27-11-7-10-24-8-3-5-12-28(24)27/h3-13,15,17-21,37H,14,16,22H2,1-2H3/b35-20-/t37-/m0/s1. The molecule has 49 heavy (non-hydrogen) atoms. The zero-order valence-electron chi connectivity index (χ0n) is 26.7. The van der Waals surface area contributed by atoms with Crippen molar-refractivity contribution in [3.05, 3.63) is 157 Å². The Balaban J connectivity index is 1.20. The van der Waals surface area contributed by atoms with E-state index in [0.29, 0.717) is 27.4 Å². The third-order valence-electron chi connectivity index (χ3n) is 9.17. The van der Waals surface area contributed by atoms with Crippen LogP contribution in [0.1, 0.15) is 40.3 Å². The van der Waals surface area contributed by atoms with Crippen LogP contribution in [0.5, 0.6) is 17.2 Å². The lowest BCUT2D eigenvalue weighted by Crippen LogP contribution is -2.38. The molecule has 1 aliphatic carbocycles. The molecule has 0 bridgehead atoms. The normalized spacial score (nSPS) is 15.3. The molecule has 0 unspecified atom stereocenters. The fourth-order valence-corrected chi connectivity index (χ4v) is 9.99. The van der Waals surface area contributed by atoms with Gasteiger partial charge < -0.3 is 14.2 Å². The Kier molecular flexibility index (Phi) is 8.83. The third-order valence-corrected chi connectivity index (χ3v) is 11.8. The maximum absolute atomic E-state index is 14.4.